The molecule has 0 spiro atoms. The van der Waals surface area contributed by atoms with E-state index in [1.54, 1.807) is 4.90 Å². The van der Waals surface area contributed by atoms with Crippen molar-refractivity contribution in [2.75, 3.05) is 26.2 Å². The number of carbonyl (C=O) groups excluding carboxylic acids is 1. The van der Waals surface area contributed by atoms with Crippen molar-refractivity contribution in [1.29, 1.82) is 0 Å². The zero-order valence-electron chi connectivity index (χ0n) is 14.9. The van der Waals surface area contributed by atoms with Gasteiger partial charge in [0.15, 0.2) is 0 Å². The fraction of sp³-hybridized carbons (Fsp3) is 0.316. The second-order valence-corrected chi connectivity index (χ2v) is 9.61. The molecule has 27 heavy (non-hydrogen) atoms. The van der Waals surface area contributed by atoms with Crippen molar-refractivity contribution in [2.45, 2.75) is 22.0 Å². The fourth-order valence-corrected chi connectivity index (χ4v) is 5.36. The lowest BCUT2D eigenvalue weighted by atomic mass is 10.3. The molecule has 0 unspecified atom stereocenters. The van der Waals surface area contributed by atoms with E-state index >= 15 is 0 Å². The molecular formula is C19H21FN2O3S2. The van der Waals surface area contributed by atoms with E-state index in [1.807, 2.05) is 37.3 Å². The van der Waals surface area contributed by atoms with Gasteiger partial charge in [-0.2, -0.15) is 4.31 Å². The first-order valence-electron chi connectivity index (χ1n) is 8.64. The highest BCUT2D eigenvalue weighted by Gasteiger charge is 2.31. The summed E-state index contributed by atoms with van der Waals surface area (Å²) in [6, 6.07) is 14.7. The van der Waals surface area contributed by atoms with Crippen molar-refractivity contribution in [3.63, 3.8) is 0 Å². The van der Waals surface area contributed by atoms with Gasteiger partial charge >= 0.3 is 0 Å². The summed E-state index contributed by atoms with van der Waals surface area (Å²) in [4.78, 5) is 15.3. The monoisotopic (exact) mass is 408 g/mol. The molecule has 144 valence electrons. The van der Waals surface area contributed by atoms with Crippen LogP contribution < -0.4 is 0 Å². The summed E-state index contributed by atoms with van der Waals surface area (Å²) in [5.41, 5.74) is 0. The Kier molecular flexibility index (Phi) is 6.18. The zero-order valence-corrected chi connectivity index (χ0v) is 16.5. The van der Waals surface area contributed by atoms with E-state index in [1.165, 1.54) is 34.3 Å². The number of halogens is 1. The molecule has 0 radical (unpaired) electrons. The average molecular weight is 409 g/mol. The standard InChI is InChI=1S/C19H21FN2O3S2/c1-15(26-17-7-3-2-4-8-17)19(23)21-10-12-22(13-11-21)27(24,25)18-9-5-6-16(20)14-18/h2-9,14-15H,10-13H2,1H3/t15-/m0/s1. The van der Waals surface area contributed by atoms with Gasteiger partial charge in [0.1, 0.15) is 5.82 Å². The minimum atomic E-state index is -3.75. The minimum Gasteiger partial charge on any atom is -0.339 e. The van der Waals surface area contributed by atoms with E-state index in [0.29, 0.717) is 13.1 Å². The van der Waals surface area contributed by atoms with Crippen LogP contribution in [0.15, 0.2) is 64.4 Å². The number of rotatable bonds is 5. The second kappa shape index (κ2) is 8.41. The Hall–Kier alpha value is -1.90. The van der Waals surface area contributed by atoms with Crippen molar-refractivity contribution in [3.8, 4) is 0 Å². The maximum absolute atomic E-state index is 13.4. The van der Waals surface area contributed by atoms with Gasteiger partial charge in [-0.15, -0.1) is 11.8 Å². The van der Waals surface area contributed by atoms with Crippen LogP contribution in [0.4, 0.5) is 4.39 Å². The number of benzene rings is 2. The van der Waals surface area contributed by atoms with Crippen LogP contribution in [0.3, 0.4) is 0 Å². The molecule has 1 fully saturated rings. The summed E-state index contributed by atoms with van der Waals surface area (Å²) in [7, 11) is -3.75. The normalized spacial score (nSPS) is 16.9. The Morgan fingerprint density at radius 1 is 1.04 bits per heavy atom. The molecule has 0 aliphatic carbocycles. The molecule has 0 N–H and O–H groups in total. The highest BCUT2D eigenvalue weighted by molar-refractivity contribution is 8.00. The number of hydrogen-bond donors (Lipinski definition) is 0. The maximum Gasteiger partial charge on any atom is 0.243 e. The van der Waals surface area contributed by atoms with E-state index in [4.69, 9.17) is 0 Å². The third kappa shape index (κ3) is 4.69. The third-order valence-corrected chi connectivity index (χ3v) is 7.38. The third-order valence-electron chi connectivity index (χ3n) is 4.39. The molecule has 5 nitrogen and oxygen atoms in total. The van der Waals surface area contributed by atoms with Gasteiger partial charge in [0.05, 0.1) is 10.1 Å². The first kappa shape index (κ1) is 19.9. The SMILES string of the molecule is C[C@H](Sc1ccccc1)C(=O)N1CCN(S(=O)(=O)c2cccc(F)c2)CC1. The Morgan fingerprint density at radius 2 is 1.70 bits per heavy atom. The second-order valence-electron chi connectivity index (χ2n) is 6.26. The van der Waals surface area contributed by atoms with Gasteiger partial charge in [-0.05, 0) is 37.3 Å². The van der Waals surface area contributed by atoms with Crippen LogP contribution >= 0.6 is 11.8 Å². The van der Waals surface area contributed by atoms with Gasteiger partial charge in [0.2, 0.25) is 15.9 Å². The van der Waals surface area contributed by atoms with E-state index < -0.39 is 15.8 Å². The number of nitrogens with zero attached hydrogens (tertiary/aromatic N) is 2. The zero-order chi connectivity index (χ0) is 19.4. The van der Waals surface area contributed by atoms with E-state index in [9.17, 15) is 17.6 Å². The first-order chi connectivity index (χ1) is 12.9. The topological polar surface area (TPSA) is 57.7 Å². The van der Waals surface area contributed by atoms with E-state index in [0.717, 1.165) is 11.0 Å². The first-order valence-corrected chi connectivity index (χ1v) is 11.0. The molecule has 1 heterocycles. The summed E-state index contributed by atoms with van der Waals surface area (Å²) in [6.45, 7) is 2.91. The van der Waals surface area contributed by atoms with Gasteiger partial charge < -0.3 is 4.90 Å². The molecule has 2 aromatic carbocycles. The molecule has 0 aromatic heterocycles. The van der Waals surface area contributed by atoms with Crippen molar-refractivity contribution in [2.24, 2.45) is 0 Å². The maximum atomic E-state index is 13.4. The Balaban J connectivity index is 1.60. The van der Waals surface area contributed by atoms with Crippen molar-refractivity contribution in [3.05, 3.63) is 60.4 Å². The van der Waals surface area contributed by atoms with Gasteiger partial charge in [-0.3, -0.25) is 4.79 Å². The highest BCUT2D eigenvalue weighted by Crippen LogP contribution is 2.25. The van der Waals surface area contributed by atoms with Crippen molar-refractivity contribution in [1.82, 2.24) is 9.21 Å². The molecular weight excluding hydrogens is 387 g/mol. The summed E-state index contributed by atoms with van der Waals surface area (Å²) in [5, 5.41) is -0.251. The van der Waals surface area contributed by atoms with Crippen LogP contribution in [-0.4, -0.2) is 55.0 Å². The molecule has 0 saturated carbocycles. The predicted molar refractivity (Wildman–Crippen MR) is 103 cm³/mol. The van der Waals surface area contributed by atoms with Crippen LogP contribution in [0, 0.1) is 5.82 Å². The molecule has 8 heteroatoms. The lowest BCUT2D eigenvalue weighted by molar-refractivity contribution is -0.131. The Bertz CT molecular complexity index is 898. The smallest absolute Gasteiger partial charge is 0.243 e. The minimum absolute atomic E-state index is 0.00773. The fourth-order valence-electron chi connectivity index (χ4n) is 2.94. The van der Waals surface area contributed by atoms with Crippen molar-refractivity contribution >= 4 is 27.7 Å². The highest BCUT2D eigenvalue weighted by atomic mass is 32.2. The number of thioether (sulfide) groups is 1. The van der Waals surface area contributed by atoms with Crippen molar-refractivity contribution < 1.29 is 17.6 Å². The lowest BCUT2D eigenvalue weighted by Crippen LogP contribution is -2.52. The molecule has 1 aliphatic rings. The average Bonchev–Trinajstić information content (AvgIpc) is 2.68. The van der Waals surface area contributed by atoms with Crippen LogP contribution in [0.2, 0.25) is 0 Å². The van der Waals surface area contributed by atoms with Gasteiger partial charge in [0, 0.05) is 31.1 Å². The van der Waals surface area contributed by atoms with E-state index in [-0.39, 0.29) is 29.1 Å². The number of hydrogen-bond acceptors (Lipinski definition) is 4. The molecule has 2 aromatic rings. The van der Waals surface area contributed by atoms with Crippen LogP contribution in [0.5, 0.6) is 0 Å². The number of piperazine rings is 1. The number of carbonyl (C=O) groups is 1. The Morgan fingerprint density at radius 3 is 2.33 bits per heavy atom. The number of amides is 1. The molecule has 1 aliphatic heterocycles. The number of sulfonamides is 1. The van der Waals surface area contributed by atoms with Gasteiger partial charge in [0.25, 0.3) is 0 Å². The largest absolute Gasteiger partial charge is 0.339 e. The molecule has 3 rings (SSSR count). The predicted octanol–water partition coefficient (Wildman–Crippen LogP) is 2.84. The van der Waals surface area contributed by atoms with Crippen LogP contribution in [0.1, 0.15) is 6.92 Å². The van der Waals surface area contributed by atoms with Crippen LogP contribution in [0.25, 0.3) is 0 Å². The van der Waals surface area contributed by atoms with Gasteiger partial charge in [-0.25, -0.2) is 12.8 Å². The Labute approximate surface area is 163 Å². The molecule has 1 saturated heterocycles. The summed E-state index contributed by atoms with van der Waals surface area (Å²) >= 11 is 1.49. The van der Waals surface area contributed by atoms with E-state index in [2.05, 4.69) is 0 Å². The van der Waals surface area contributed by atoms with Crippen LogP contribution in [-0.2, 0) is 14.8 Å². The summed E-state index contributed by atoms with van der Waals surface area (Å²) in [5.74, 6) is -0.594. The quantitative estimate of drug-likeness (QED) is 0.714. The summed E-state index contributed by atoms with van der Waals surface area (Å²) < 4.78 is 40.0. The van der Waals surface area contributed by atoms with Gasteiger partial charge in [-0.1, -0.05) is 24.3 Å². The summed E-state index contributed by atoms with van der Waals surface area (Å²) in [6.07, 6.45) is 0. The molecule has 0 bridgehead atoms. The molecule has 1 amide bonds. The molecule has 1 atom stereocenters. The lowest BCUT2D eigenvalue weighted by Gasteiger charge is -2.35.